The van der Waals surface area contributed by atoms with Crippen molar-refractivity contribution in [3.8, 4) is 0 Å². The molecule has 0 atom stereocenters. The van der Waals surface area contributed by atoms with E-state index in [-0.39, 0.29) is 11.8 Å². The van der Waals surface area contributed by atoms with Gasteiger partial charge >= 0.3 is 0 Å². The first kappa shape index (κ1) is 19.8. The van der Waals surface area contributed by atoms with Crippen LogP contribution in [0.4, 0.5) is 0 Å². The van der Waals surface area contributed by atoms with Gasteiger partial charge in [0.25, 0.3) is 0 Å². The third kappa shape index (κ3) is 5.74. The fraction of sp³-hybridized carbons (Fsp3) is 0.409. The lowest BCUT2D eigenvalue weighted by atomic mass is 9.96. The number of carbonyl (C=O) groups is 1. The molecule has 29 heavy (non-hydrogen) atoms. The molecule has 0 bridgehead atoms. The Bertz CT molecular complexity index is 887. The number of likely N-dealkylation sites (tertiary alicyclic amines) is 1. The van der Waals surface area contributed by atoms with Gasteiger partial charge in [0.15, 0.2) is 0 Å². The number of carbonyl (C=O) groups excluding carboxylic acids is 1. The van der Waals surface area contributed by atoms with Gasteiger partial charge in [0.05, 0.1) is 13.0 Å². The number of nitrogens with zero attached hydrogens (tertiary/aromatic N) is 3. The van der Waals surface area contributed by atoms with E-state index < -0.39 is 0 Å². The fourth-order valence-corrected chi connectivity index (χ4v) is 4.36. The van der Waals surface area contributed by atoms with Crippen molar-refractivity contribution in [3.05, 3.63) is 70.1 Å². The van der Waals surface area contributed by atoms with Crippen molar-refractivity contribution in [2.75, 3.05) is 19.6 Å². The maximum absolute atomic E-state index is 12.4. The van der Waals surface area contributed by atoms with Gasteiger partial charge in [-0.25, -0.2) is 0 Å². The zero-order valence-electron chi connectivity index (χ0n) is 16.4. The molecule has 152 valence electrons. The van der Waals surface area contributed by atoms with Crippen LogP contribution in [0.2, 0.25) is 0 Å². The summed E-state index contributed by atoms with van der Waals surface area (Å²) < 4.78 is 5.81. The lowest BCUT2D eigenvalue weighted by molar-refractivity contribution is -0.126. The molecule has 4 rings (SSSR count). The molecule has 6 nitrogen and oxygen atoms in total. The summed E-state index contributed by atoms with van der Waals surface area (Å²) in [4.78, 5) is 16.0. The molecule has 1 N–H and O–H groups in total. The van der Waals surface area contributed by atoms with Crippen LogP contribution in [0, 0.1) is 5.92 Å². The van der Waals surface area contributed by atoms with E-state index in [1.54, 1.807) is 11.3 Å². The van der Waals surface area contributed by atoms with E-state index in [9.17, 15) is 4.79 Å². The Morgan fingerprint density at radius 2 is 1.90 bits per heavy atom. The number of rotatable bonds is 8. The smallest absolute Gasteiger partial charge is 0.230 e. The van der Waals surface area contributed by atoms with Crippen molar-refractivity contribution in [3.63, 3.8) is 0 Å². The van der Waals surface area contributed by atoms with Gasteiger partial charge in [0.1, 0.15) is 0 Å². The predicted octanol–water partition coefficient (Wildman–Crippen LogP) is 3.29. The minimum atomic E-state index is 0.103. The van der Waals surface area contributed by atoms with Gasteiger partial charge in [-0.1, -0.05) is 36.4 Å². The summed E-state index contributed by atoms with van der Waals surface area (Å²) in [5.74, 6) is 1.58. The molecule has 0 saturated carbocycles. The average Bonchev–Trinajstić information content (AvgIpc) is 3.42. The quantitative estimate of drug-likeness (QED) is 0.617. The highest BCUT2D eigenvalue weighted by Crippen LogP contribution is 2.19. The molecular formula is C22H26N4O2S. The highest BCUT2D eigenvalue weighted by Gasteiger charge is 2.25. The van der Waals surface area contributed by atoms with Crippen LogP contribution >= 0.6 is 11.3 Å². The Hall–Kier alpha value is -2.51. The third-order valence-electron chi connectivity index (χ3n) is 5.27. The Kier molecular flexibility index (Phi) is 6.69. The van der Waals surface area contributed by atoms with Crippen LogP contribution < -0.4 is 5.32 Å². The highest BCUT2D eigenvalue weighted by molar-refractivity contribution is 7.09. The minimum Gasteiger partial charge on any atom is -0.424 e. The Morgan fingerprint density at radius 1 is 1.10 bits per heavy atom. The molecule has 2 aromatic heterocycles. The molecule has 0 unspecified atom stereocenters. The molecule has 1 aliphatic rings. The second kappa shape index (κ2) is 9.80. The lowest BCUT2D eigenvalue weighted by Gasteiger charge is -2.30. The predicted molar refractivity (Wildman–Crippen MR) is 113 cm³/mol. The lowest BCUT2D eigenvalue weighted by Crippen LogP contribution is -2.40. The van der Waals surface area contributed by atoms with Gasteiger partial charge in [-0.15, -0.1) is 21.5 Å². The fourth-order valence-electron chi connectivity index (χ4n) is 3.65. The normalized spacial score (nSPS) is 15.4. The number of nitrogens with one attached hydrogen (secondary N) is 1. The van der Waals surface area contributed by atoms with E-state index in [0.29, 0.717) is 31.3 Å². The van der Waals surface area contributed by atoms with Crippen LogP contribution in [-0.4, -0.2) is 40.6 Å². The van der Waals surface area contributed by atoms with Crippen molar-refractivity contribution in [1.82, 2.24) is 20.4 Å². The topological polar surface area (TPSA) is 71.3 Å². The van der Waals surface area contributed by atoms with E-state index in [1.807, 2.05) is 24.3 Å². The third-order valence-corrected chi connectivity index (χ3v) is 6.21. The summed E-state index contributed by atoms with van der Waals surface area (Å²) in [6, 6.07) is 14.3. The van der Waals surface area contributed by atoms with E-state index in [4.69, 9.17) is 4.42 Å². The number of benzene rings is 1. The first-order valence-corrected chi connectivity index (χ1v) is 11.0. The van der Waals surface area contributed by atoms with Gasteiger partial charge in [-0.2, -0.15) is 0 Å². The first-order chi connectivity index (χ1) is 14.3. The number of hydrogen-bond donors (Lipinski definition) is 1. The summed E-state index contributed by atoms with van der Waals surface area (Å²) >= 11 is 1.74. The standard InChI is InChI=1S/C22H26N4O2S/c27-22(23-11-8-19-7-4-14-29-19)18-9-12-26(13-10-18)16-21-25-24-20(28-21)15-17-5-2-1-3-6-17/h1-7,14,18H,8-13,15-16H2,(H,23,27). The first-order valence-electron chi connectivity index (χ1n) is 10.1. The van der Waals surface area contributed by atoms with Gasteiger partial charge in [-0.3, -0.25) is 9.69 Å². The Morgan fingerprint density at radius 3 is 2.66 bits per heavy atom. The summed E-state index contributed by atoms with van der Waals surface area (Å²) in [7, 11) is 0. The van der Waals surface area contributed by atoms with Crippen LogP contribution in [0.1, 0.15) is 35.1 Å². The van der Waals surface area contributed by atoms with E-state index in [1.165, 1.54) is 4.88 Å². The monoisotopic (exact) mass is 410 g/mol. The van der Waals surface area contributed by atoms with Crippen LogP contribution in [0.15, 0.2) is 52.3 Å². The number of hydrogen-bond acceptors (Lipinski definition) is 6. The van der Waals surface area contributed by atoms with Crippen LogP contribution in [0.3, 0.4) is 0 Å². The average molecular weight is 411 g/mol. The minimum absolute atomic E-state index is 0.103. The van der Waals surface area contributed by atoms with E-state index in [2.05, 4.69) is 44.0 Å². The Labute approximate surface area is 175 Å². The van der Waals surface area contributed by atoms with Gasteiger partial charge in [0.2, 0.25) is 17.7 Å². The summed E-state index contributed by atoms with van der Waals surface area (Å²) in [5.41, 5.74) is 1.16. The highest BCUT2D eigenvalue weighted by atomic mass is 32.1. The van der Waals surface area contributed by atoms with Crippen LogP contribution in [-0.2, 0) is 24.2 Å². The summed E-state index contributed by atoms with van der Waals surface area (Å²) in [6.45, 7) is 3.11. The van der Waals surface area contributed by atoms with E-state index in [0.717, 1.165) is 37.9 Å². The van der Waals surface area contributed by atoms with E-state index >= 15 is 0 Å². The number of amides is 1. The second-order valence-electron chi connectivity index (χ2n) is 7.42. The molecule has 0 radical (unpaired) electrons. The zero-order chi connectivity index (χ0) is 19.9. The SMILES string of the molecule is O=C(NCCc1cccs1)C1CCN(Cc2nnc(Cc3ccccc3)o2)CC1. The van der Waals surface area contributed by atoms with Crippen molar-refractivity contribution < 1.29 is 9.21 Å². The molecular weight excluding hydrogens is 384 g/mol. The molecule has 1 amide bonds. The summed E-state index contributed by atoms with van der Waals surface area (Å²) in [6.07, 6.45) is 3.30. The molecule has 1 aromatic carbocycles. The van der Waals surface area contributed by atoms with Gasteiger partial charge < -0.3 is 9.73 Å². The number of piperidine rings is 1. The Balaban J connectivity index is 1.18. The van der Waals surface area contributed by atoms with Crippen molar-refractivity contribution in [1.29, 1.82) is 0 Å². The second-order valence-corrected chi connectivity index (χ2v) is 8.45. The molecule has 3 heterocycles. The maximum atomic E-state index is 12.4. The molecule has 1 fully saturated rings. The number of thiophene rings is 1. The summed E-state index contributed by atoms with van der Waals surface area (Å²) in [5, 5.41) is 13.5. The number of aromatic nitrogens is 2. The zero-order valence-corrected chi connectivity index (χ0v) is 17.2. The van der Waals surface area contributed by atoms with Crippen molar-refractivity contribution >= 4 is 17.2 Å². The van der Waals surface area contributed by atoms with Crippen molar-refractivity contribution in [2.45, 2.75) is 32.2 Å². The van der Waals surface area contributed by atoms with Gasteiger partial charge in [-0.05, 0) is 49.4 Å². The van der Waals surface area contributed by atoms with Crippen LogP contribution in [0.5, 0.6) is 0 Å². The molecule has 0 aliphatic carbocycles. The molecule has 1 aliphatic heterocycles. The van der Waals surface area contributed by atoms with Crippen molar-refractivity contribution in [2.24, 2.45) is 5.92 Å². The maximum Gasteiger partial charge on any atom is 0.230 e. The molecule has 0 spiro atoms. The molecule has 3 aromatic rings. The van der Waals surface area contributed by atoms with Gasteiger partial charge in [0, 0.05) is 17.3 Å². The van der Waals surface area contributed by atoms with Crippen LogP contribution in [0.25, 0.3) is 0 Å². The molecule has 7 heteroatoms. The largest absolute Gasteiger partial charge is 0.424 e. The molecule has 1 saturated heterocycles.